The van der Waals surface area contributed by atoms with Crippen LogP contribution in [-0.4, -0.2) is 52.8 Å². The zero-order valence-corrected chi connectivity index (χ0v) is 14.7. The third kappa shape index (κ3) is 5.37. The number of piperidine rings is 1. The number of carbonyl (C=O) groups is 1. The maximum atomic E-state index is 12.0. The molecule has 1 atom stereocenters. The van der Waals surface area contributed by atoms with Gasteiger partial charge in [-0.3, -0.25) is 0 Å². The van der Waals surface area contributed by atoms with Crippen LogP contribution in [-0.2, 0) is 4.74 Å². The lowest BCUT2D eigenvalue weighted by molar-refractivity contribution is 0.0198. The number of hydrogen-bond donors (Lipinski definition) is 1. The van der Waals surface area contributed by atoms with Crippen molar-refractivity contribution >= 4 is 17.9 Å². The van der Waals surface area contributed by atoms with Crippen LogP contribution < -0.4 is 5.32 Å². The van der Waals surface area contributed by atoms with Crippen molar-refractivity contribution in [1.82, 2.24) is 10.2 Å². The molecule has 2 rings (SSSR count). The van der Waals surface area contributed by atoms with Crippen LogP contribution in [0.1, 0.15) is 53.4 Å². The Morgan fingerprint density at radius 3 is 2.57 bits per heavy atom. The number of likely N-dealkylation sites (tertiary alicyclic amines) is 1. The molecule has 4 nitrogen and oxygen atoms in total. The first-order valence-electron chi connectivity index (χ1n) is 8.13. The van der Waals surface area contributed by atoms with Crippen molar-refractivity contribution in [2.45, 2.75) is 69.8 Å². The van der Waals surface area contributed by atoms with Gasteiger partial charge in [-0.2, -0.15) is 11.8 Å². The van der Waals surface area contributed by atoms with Crippen molar-refractivity contribution in [2.24, 2.45) is 0 Å². The van der Waals surface area contributed by atoms with Gasteiger partial charge in [-0.15, -0.1) is 0 Å². The summed E-state index contributed by atoms with van der Waals surface area (Å²) in [6.45, 7) is 10.8. The molecule has 0 aliphatic carbocycles. The minimum absolute atomic E-state index is 0.167. The lowest BCUT2D eigenvalue weighted by atomic mass is 10.0. The number of amides is 1. The molecule has 0 saturated carbocycles. The Morgan fingerprint density at radius 1 is 1.38 bits per heavy atom. The van der Waals surface area contributed by atoms with Gasteiger partial charge in [0.05, 0.1) is 0 Å². The van der Waals surface area contributed by atoms with Gasteiger partial charge < -0.3 is 15.0 Å². The molecule has 2 aliphatic rings. The predicted octanol–water partition coefficient (Wildman–Crippen LogP) is 3.26. The fourth-order valence-electron chi connectivity index (χ4n) is 2.93. The van der Waals surface area contributed by atoms with Gasteiger partial charge in [0.15, 0.2) is 0 Å². The van der Waals surface area contributed by atoms with Crippen molar-refractivity contribution in [3.8, 4) is 0 Å². The quantitative estimate of drug-likeness (QED) is 0.868. The summed E-state index contributed by atoms with van der Waals surface area (Å²) in [6, 6.07) is 0.543. The molecule has 0 bridgehead atoms. The Labute approximate surface area is 133 Å². The van der Waals surface area contributed by atoms with Crippen LogP contribution >= 0.6 is 11.8 Å². The lowest BCUT2D eigenvalue weighted by Gasteiger charge is -2.35. The van der Waals surface area contributed by atoms with Crippen LogP contribution in [0.3, 0.4) is 0 Å². The molecule has 122 valence electrons. The Kier molecular flexibility index (Phi) is 5.47. The minimum Gasteiger partial charge on any atom is -0.444 e. The van der Waals surface area contributed by atoms with Gasteiger partial charge in [-0.05, 0) is 59.1 Å². The van der Waals surface area contributed by atoms with Gasteiger partial charge in [-0.1, -0.05) is 0 Å². The highest BCUT2D eigenvalue weighted by molar-refractivity contribution is 8.00. The van der Waals surface area contributed by atoms with E-state index >= 15 is 0 Å². The van der Waals surface area contributed by atoms with Gasteiger partial charge in [0.25, 0.3) is 0 Å². The molecule has 1 unspecified atom stereocenters. The van der Waals surface area contributed by atoms with E-state index in [2.05, 4.69) is 24.0 Å². The number of nitrogens with one attached hydrogen (secondary N) is 1. The third-order valence-electron chi connectivity index (χ3n) is 4.21. The molecule has 0 radical (unpaired) electrons. The zero-order chi connectivity index (χ0) is 15.5. The number of hydrogen-bond acceptors (Lipinski definition) is 4. The highest BCUT2D eigenvalue weighted by Crippen LogP contribution is 2.37. The smallest absolute Gasteiger partial charge is 0.410 e. The maximum absolute atomic E-state index is 12.0. The summed E-state index contributed by atoms with van der Waals surface area (Å²) in [6.07, 6.45) is 4.56. The molecule has 5 heteroatoms. The monoisotopic (exact) mass is 314 g/mol. The summed E-state index contributed by atoms with van der Waals surface area (Å²) in [7, 11) is 0. The topological polar surface area (TPSA) is 41.6 Å². The van der Waals surface area contributed by atoms with Crippen molar-refractivity contribution in [3.05, 3.63) is 0 Å². The second-order valence-corrected chi connectivity index (χ2v) is 9.21. The molecule has 0 spiro atoms. The Balaban J connectivity index is 1.69. The van der Waals surface area contributed by atoms with E-state index in [4.69, 9.17) is 4.74 Å². The van der Waals surface area contributed by atoms with Gasteiger partial charge in [0, 0.05) is 30.4 Å². The summed E-state index contributed by atoms with van der Waals surface area (Å²) in [5.74, 6) is 1.30. The second-order valence-electron chi connectivity index (χ2n) is 7.52. The van der Waals surface area contributed by atoms with E-state index < -0.39 is 5.60 Å². The molecular formula is C16H30N2O2S. The van der Waals surface area contributed by atoms with E-state index in [-0.39, 0.29) is 6.09 Å². The first kappa shape index (κ1) is 16.9. The van der Waals surface area contributed by atoms with Gasteiger partial charge >= 0.3 is 6.09 Å². The fourth-order valence-corrected chi connectivity index (χ4v) is 4.18. The molecule has 2 saturated heterocycles. The van der Waals surface area contributed by atoms with E-state index in [9.17, 15) is 4.79 Å². The maximum Gasteiger partial charge on any atom is 0.410 e. The summed E-state index contributed by atoms with van der Waals surface area (Å²) in [5.41, 5.74) is -0.402. The zero-order valence-electron chi connectivity index (χ0n) is 13.9. The van der Waals surface area contributed by atoms with E-state index in [0.717, 1.165) is 32.5 Å². The van der Waals surface area contributed by atoms with Crippen molar-refractivity contribution in [2.75, 3.05) is 25.4 Å². The predicted molar refractivity (Wildman–Crippen MR) is 88.9 cm³/mol. The second kappa shape index (κ2) is 6.78. The SMILES string of the molecule is CC(C)(C)OC(=O)N1CCC(NCC2(C)CCCS2)CC1. The molecule has 1 amide bonds. The van der Waals surface area contributed by atoms with Gasteiger partial charge in [-0.25, -0.2) is 4.79 Å². The standard InChI is InChI=1S/C16H30N2O2S/c1-15(2,3)20-14(19)18-9-6-13(7-10-18)17-12-16(4)8-5-11-21-16/h13,17H,5-12H2,1-4H3. The Bertz CT molecular complexity index is 354. The van der Waals surface area contributed by atoms with Crippen molar-refractivity contribution in [3.63, 3.8) is 0 Å². The number of nitrogens with zero attached hydrogens (tertiary/aromatic N) is 1. The summed E-state index contributed by atoms with van der Waals surface area (Å²) >= 11 is 2.10. The average molecular weight is 314 g/mol. The average Bonchev–Trinajstić information content (AvgIpc) is 2.82. The normalized spacial score (nSPS) is 27.9. The van der Waals surface area contributed by atoms with Gasteiger partial charge in [0.1, 0.15) is 5.60 Å². The highest BCUT2D eigenvalue weighted by atomic mass is 32.2. The van der Waals surface area contributed by atoms with Crippen LogP contribution in [0.2, 0.25) is 0 Å². The lowest BCUT2D eigenvalue weighted by Crippen LogP contribution is -2.48. The molecular weight excluding hydrogens is 284 g/mol. The summed E-state index contributed by atoms with van der Waals surface area (Å²) in [4.78, 5) is 13.9. The van der Waals surface area contributed by atoms with E-state index in [1.54, 1.807) is 0 Å². The van der Waals surface area contributed by atoms with Gasteiger partial charge in [0.2, 0.25) is 0 Å². The summed E-state index contributed by atoms with van der Waals surface area (Å²) < 4.78 is 5.85. The number of ether oxygens (including phenoxy) is 1. The Morgan fingerprint density at radius 2 is 2.05 bits per heavy atom. The highest BCUT2D eigenvalue weighted by Gasteiger charge is 2.31. The molecule has 2 heterocycles. The molecule has 0 aromatic carbocycles. The number of thioether (sulfide) groups is 1. The summed E-state index contributed by atoms with van der Waals surface area (Å²) in [5, 5.41) is 3.71. The van der Waals surface area contributed by atoms with E-state index in [0.29, 0.717) is 10.8 Å². The van der Waals surface area contributed by atoms with Crippen LogP contribution in [0.4, 0.5) is 4.79 Å². The van der Waals surface area contributed by atoms with E-state index in [1.807, 2.05) is 25.7 Å². The number of rotatable bonds is 3. The molecule has 2 aliphatic heterocycles. The van der Waals surface area contributed by atoms with Crippen LogP contribution in [0.5, 0.6) is 0 Å². The first-order valence-corrected chi connectivity index (χ1v) is 9.11. The molecule has 21 heavy (non-hydrogen) atoms. The number of carbonyl (C=O) groups excluding carboxylic acids is 1. The first-order chi connectivity index (χ1) is 9.77. The fraction of sp³-hybridized carbons (Fsp3) is 0.938. The largest absolute Gasteiger partial charge is 0.444 e. The van der Waals surface area contributed by atoms with Crippen molar-refractivity contribution in [1.29, 1.82) is 0 Å². The van der Waals surface area contributed by atoms with Crippen LogP contribution in [0.15, 0.2) is 0 Å². The molecule has 0 aromatic rings. The molecule has 0 aromatic heterocycles. The van der Waals surface area contributed by atoms with Crippen LogP contribution in [0, 0.1) is 0 Å². The molecule has 1 N–H and O–H groups in total. The minimum atomic E-state index is -0.402. The molecule has 2 fully saturated rings. The van der Waals surface area contributed by atoms with Crippen LogP contribution in [0.25, 0.3) is 0 Å². The van der Waals surface area contributed by atoms with E-state index in [1.165, 1.54) is 18.6 Å². The third-order valence-corrected chi connectivity index (χ3v) is 5.75. The Hall–Kier alpha value is -0.420. The van der Waals surface area contributed by atoms with Crippen molar-refractivity contribution < 1.29 is 9.53 Å².